The molecule has 0 bridgehead atoms. The normalized spacial score (nSPS) is 17.3. The molecule has 0 atom stereocenters. The van der Waals surface area contributed by atoms with Gasteiger partial charge >= 0.3 is 0 Å². The van der Waals surface area contributed by atoms with E-state index in [-0.39, 0.29) is 11.2 Å². The van der Waals surface area contributed by atoms with E-state index < -0.39 is 10.0 Å². The van der Waals surface area contributed by atoms with E-state index in [1.165, 1.54) is 0 Å². The third kappa shape index (κ3) is 4.85. The Kier molecular flexibility index (Phi) is 4.97. The molecule has 106 valence electrons. The maximum atomic E-state index is 11.9. The molecule has 1 aliphatic rings. The van der Waals surface area contributed by atoms with Crippen LogP contribution in [0.1, 0.15) is 25.0 Å². The molecule has 1 aromatic heterocycles. The monoisotopic (exact) mass is 346 g/mol. The van der Waals surface area contributed by atoms with Gasteiger partial charge in [-0.15, -0.1) is 0 Å². The summed E-state index contributed by atoms with van der Waals surface area (Å²) in [7, 11) is -3.20. The summed E-state index contributed by atoms with van der Waals surface area (Å²) in [4.78, 5) is 4.13. The Balaban J connectivity index is 1.79. The second-order valence-electron chi connectivity index (χ2n) is 5.15. The van der Waals surface area contributed by atoms with Crippen LogP contribution in [0.15, 0.2) is 24.4 Å². The molecule has 1 N–H and O–H groups in total. The SMILES string of the molecule is O=S(=O)(CCc1ccccn1)NCC1(CCBr)CC1. The zero-order chi connectivity index (χ0) is 13.8. The van der Waals surface area contributed by atoms with Crippen molar-refractivity contribution >= 4 is 26.0 Å². The third-order valence-corrected chi connectivity index (χ3v) is 5.32. The van der Waals surface area contributed by atoms with Crippen molar-refractivity contribution in [3.8, 4) is 0 Å². The highest BCUT2D eigenvalue weighted by atomic mass is 79.9. The molecule has 0 aliphatic heterocycles. The molecule has 1 aliphatic carbocycles. The van der Waals surface area contributed by atoms with Crippen LogP contribution in [0.4, 0.5) is 0 Å². The molecule has 1 saturated carbocycles. The topological polar surface area (TPSA) is 59.1 Å². The lowest BCUT2D eigenvalue weighted by atomic mass is 10.1. The van der Waals surface area contributed by atoms with Gasteiger partial charge in [-0.05, 0) is 36.8 Å². The number of nitrogens with zero attached hydrogens (tertiary/aromatic N) is 1. The van der Waals surface area contributed by atoms with Gasteiger partial charge in [0.1, 0.15) is 0 Å². The van der Waals surface area contributed by atoms with Crippen molar-refractivity contribution in [2.75, 3.05) is 17.6 Å². The van der Waals surface area contributed by atoms with Crippen molar-refractivity contribution in [1.82, 2.24) is 9.71 Å². The fourth-order valence-electron chi connectivity index (χ4n) is 2.01. The highest BCUT2D eigenvalue weighted by Gasteiger charge is 2.42. The van der Waals surface area contributed by atoms with Gasteiger partial charge in [0.15, 0.2) is 0 Å². The summed E-state index contributed by atoms with van der Waals surface area (Å²) in [6, 6.07) is 5.55. The second-order valence-corrected chi connectivity index (χ2v) is 7.87. The van der Waals surface area contributed by atoms with Gasteiger partial charge < -0.3 is 0 Å². The van der Waals surface area contributed by atoms with Crippen LogP contribution in [-0.4, -0.2) is 31.0 Å². The first-order valence-corrected chi connectivity index (χ1v) is 9.26. The molecule has 2 rings (SSSR count). The first-order valence-electron chi connectivity index (χ1n) is 6.49. The molecule has 0 amide bonds. The Morgan fingerprint density at radius 1 is 1.37 bits per heavy atom. The second kappa shape index (κ2) is 6.33. The zero-order valence-corrected chi connectivity index (χ0v) is 13.2. The van der Waals surface area contributed by atoms with E-state index in [0.29, 0.717) is 13.0 Å². The van der Waals surface area contributed by atoms with Crippen LogP contribution < -0.4 is 4.72 Å². The predicted octanol–water partition coefficient (Wildman–Crippen LogP) is 2.11. The Hall–Kier alpha value is -0.460. The molecule has 1 aromatic rings. The summed E-state index contributed by atoms with van der Waals surface area (Å²) in [5.74, 6) is 0.106. The summed E-state index contributed by atoms with van der Waals surface area (Å²) in [5, 5.41) is 0.933. The molecular formula is C13H19BrN2O2S. The van der Waals surface area contributed by atoms with Gasteiger partial charge in [-0.1, -0.05) is 22.0 Å². The van der Waals surface area contributed by atoms with Crippen molar-refractivity contribution in [2.24, 2.45) is 5.41 Å². The van der Waals surface area contributed by atoms with E-state index in [1.54, 1.807) is 6.20 Å². The fraction of sp³-hybridized carbons (Fsp3) is 0.615. The quantitative estimate of drug-likeness (QED) is 0.733. The van der Waals surface area contributed by atoms with Gasteiger partial charge in [0.2, 0.25) is 10.0 Å². The first kappa shape index (κ1) is 14.9. The molecule has 19 heavy (non-hydrogen) atoms. The average Bonchev–Trinajstić information content (AvgIpc) is 3.17. The standard InChI is InChI=1S/C13H19BrN2O2S/c14-8-7-13(5-6-13)11-16-19(17,18)10-4-12-3-1-2-9-15-12/h1-3,9,16H,4-8,10-11H2. The third-order valence-electron chi connectivity index (χ3n) is 3.60. The van der Waals surface area contributed by atoms with Crippen LogP contribution in [0.3, 0.4) is 0 Å². The minimum Gasteiger partial charge on any atom is -0.261 e. The fourth-order valence-corrected chi connectivity index (χ4v) is 4.00. The van der Waals surface area contributed by atoms with E-state index in [9.17, 15) is 8.42 Å². The van der Waals surface area contributed by atoms with E-state index in [0.717, 1.165) is 30.3 Å². The van der Waals surface area contributed by atoms with Gasteiger partial charge in [-0.2, -0.15) is 0 Å². The number of sulfonamides is 1. The van der Waals surface area contributed by atoms with Crippen molar-refractivity contribution in [3.63, 3.8) is 0 Å². The number of pyridine rings is 1. The summed E-state index contributed by atoms with van der Waals surface area (Å²) < 4.78 is 26.6. The lowest BCUT2D eigenvalue weighted by molar-refractivity contribution is 0.480. The first-order chi connectivity index (χ1) is 9.05. The van der Waals surface area contributed by atoms with E-state index in [4.69, 9.17) is 0 Å². The Morgan fingerprint density at radius 3 is 2.74 bits per heavy atom. The molecule has 6 heteroatoms. The number of aromatic nitrogens is 1. The molecule has 0 radical (unpaired) electrons. The van der Waals surface area contributed by atoms with E-state index in [1.807, 2.05) is 18.2 Å². The van der Waals surface area contributed by atoms with Crippen LogP contribution in [-0.2, 0) is 16.4 Å². The molecule has 1 heterocycles. The number of halogens is 1. The molecule has 0 saturated heterocycles. The number of hydrogen-bond acceptors (Lipinski definition) is 3. The molecule has 4 nitrogen and oxygen atoms in total. The summed E-state index contributed by atoms with van der Waals surface area (Å²) in [6.45, 7) is 0.573. The maximum absolute atomic E-state index is 11.9. The molecular weight excluding hydrogens is 328 g/mol. The largest absolute Gasteiger partial charge is 0.261 e. The number of alkyl halides is 1. The summed E-state index contributed by atoms with van der Waals surface area (Å²) in [6.07, 6.45) is 5.44. The van der Waals surface area contributed by atoms with Crippen LogP contribution >= 0.6 is 15.9 Å². The van der Waals surface area contributed by atoms with Crippen LogP contribution in [0, 0.1) is 5.41 Å². The highest BCUT2D eigenvalue weighted by molar-refractivity contribution is 9.09. The number of rotatable bonds is 8. The van der Waals surface area contributed by atoms with Crippen LogP contribution in [0.2, 0.25) is 0 Å². The Morgan fingerprint density at radius 2 is 2.16 bits per heavy atom. The number of aryl methyl sites for hydroxylation is 1. The van der Waals surface area contributed by atoms with Crippen molar-refractivity contribution in [3.05, 3.63) is 30.1 Å². The number of hydrogen-bond donors (Lipinski definition) is 1. The maximum Gasteiger partial charge on any atom is 0.211 e. The minimum atomic E-state index is -3.20. The Bertz CT molecular complexity index is 501. The molecule has 1 fully saturated rings. The van der Waals surface area contributed by atoms with Gasteiger partial charge in [0.25, 0.3) is 0 Å². The van der Waals surface area contributed by atoms with Gasteiger partial charge in [-0.3, -0.25) is 4.98 Å². The van der Waals surface area contributed by atoms with Crippen molar-refractivity contribution in [1.29, 1.82) is 0 Å². The van der Waals surface area contributed by atoms with Crippen LogP contribution in [0.25, 0.3) is 0 Å². The predicted molar refractivity (Wildman–Crippen MR) is 79.8 cm³/mol. The molecule has 0 unspecified atom stereocenters. The number of nitrogens with one attached hydrogen (secondary N) is 1. The average molecular weight is 347 g/mol. The van der Waals surface area contributed by atoms with Crippen molar-refractivity contribution in [2.45, 2.75) is 25.7 Å². The zero-order valence-electron chi connectivity index (χ0n) is 10.8. The Labute approximate surface area is 123 Å². The van der Waals surface area contributed by atoms with Crippen LogP contribution in [0.5, 0.6) is 0 Å². The van der Waals surface area contributed by atoms with Gasteiger partial charge in [-0.25, -0.2) is 13.1 Å². The van der Waals surface area contributed by atoms with Gasteiger partial charge in [0, 0.05) is 30.2 Å². The molecule has 0 spiro atoms. The molecule has 0 aromatic carbocycles. The van der Waals surface area contributed by atoms with Gasteiger partial charge in [0.05, 0.1) is 5.75 Å². The highest BCUT2D eigenvalue weighted by Crippen LogP contribution is 2.48. The smallest absolute Gasteiger partial charge is 0.211 e. The lowest BCUT2D eigenvalue weighted by Crippen LogP contribution is -2.33. The lowest BCUT2D eigenvalue weighted by Gasteiger charge is -2.14. The minimum absolute atomic E-state index is 0.106. The van der Waals surface area contributed by atoms with E-state index >= 15 is 0 Å². The van der Waals surface area contributed by atoms with E-state index in [2.05, 4.69) is 25.6 Å². The van der Waals surface area contributed by atoms with Crippen molar-refractivity contribution < 1.29 is 8.42 Å². The summed E-state index contributed by atoms with van der Waals surface area (Å²) in [5.41, 5.74) is 1.02. The summed E-state index contributed by atoms with van der Waals surface area (Å²) >= 11 is 3.42.